The molecule has 0 radical (unpaired) electrons. The molecular weight excluding hydrogens is 340 g/mol. The van der Waals surface area contributed by atoms with Gasteiger partial charge in [0, 0.05) is 30.5 Å². The minimum Gasteiger partial charge on any atom is -0.494 e. The number of nitrogens with zero attached hydrogens (tertiary/aromatic N) is 2. The summed E-state index contributed by atoms with van der Waals surface area (Å²) in [4.78, 5) is 19.9. The minimum absolute atomic E-state index is 0.0766. The van der Waals surface area contributed by atoms with Crippen molar-refractivity contribution in [3.05, 3.63) is 48.2 Å². The summed E-state index contributed by atoms with van der Waals surface area (Å²) in [5, 5.41) is 6.75. The fourth-order valence-corrected chi connectivity index (χ4v) is 4.07. The van der Waals surface area contributed by atoms with Crippen LogP contribution < -0.4 is 15.4 Å². The average Bonchev–Trinajstić information content (AvgIpc) is 2.96. The van der Waals surface area contributed by atoms with Crippen LogP contribution in [0.1, 0.15) is 36.5 Å². The number of anilines is 2. The molecule has 4 rings (SSSR count). The fraction of sp³-hybridized carbons (Fsp3) is 0.429. The van der Waals surface area contributed by atoms with Gasteiger partial charge in [0.15, 0.2) is 0 Å². The summed E-state index contributed by atoms with van der Waals surface area (Å²) in [5.41, 5.74) is 1.51. The molecule has 0 saturated carbocycles. The number of aromatic nitrogens is 1. The number of nitrogens with one attached hydrogen (secondary N) is 2. The predicted molar refractivity (Wildman–Crippen MR) is 106 cm³/mol. The number of hydrogen-bond donors (Lipinski definition) is 2. The minimum atomic E-state index is 0.0766. The van der Waals surface area contributed by atoms with E-state index in [0.29, 0.717) is 24.0 Å². The smallest absolute Gasteiger partial charge is 0.258 e. The molecule has 27 heavy (non-hydrogen) atoms. The van der Waals surface area contributed by atoms with Crippen molar-refractivity contribution in [2.45, 2.75) is 38.3 Å². The van der Waals surface area contributed by atoms with Gasteiger partial charge in [-0.2, -0.15) is 0 Å². The maximum absolute atomic E-state index is 13.4. The number of carbonyl (C=O) groups excluding carboxylic acids is 1. The first kappa shape index (κ1) is 17.8. The number of fused-ring (bicyclic) bond motifs is 2. The molecule has 2 bridgehead atoms. The van der Waals surface area contributed by atoms with Gasteiger partial charge in [0.1, 0.15) is 11.6 Å². The van der Waals surface area contributed by atoms with E-state index in [-0.39, 0.29) is 11.9 Å². The number of rotatable bonds is 5. The first-order valence-electron chi connectivity index (χ1n) is 9.74. The van der Waals surface area contributed by atoms with Gasteiger partial charge in [0.2, 0.25) is 0 Å². The van der Waals surface area contributed by atoms with Gasteiger partial charge in [-0.25, -0.2) is 4.98 Å². The third kappa shape index (κ3) is 3.76. The monoisotopic (exact) mass is 366 g/mol. The molecule has 1 aromatic carbocycles. The topological polar surface area (TPSA) is 66.5 Å². The van der Waals surface area contributed by atoms with E-state index in [4.69, 9.17) is 4.74 Å². The van der Waals surface area contributed by atoms with E-state index < -0.39 is 0 Å². The Morgan fingerprint density at radius 2 is 2.04 bits per heavy atom. The predicted octanol–water partition coefficient (Wildman–Crippen LogP) is 3.19. The van der Waals surface area contributed by atoms with Crippen LogP contribution in [-0.4, -0.2) is 47.6 Å². The van der Waals surface area contributed by atoms with Gasteiger partial charge >= 0.3 is 0 Å². The molecule has 0 aliphatic carbocycles. The van der Waals surface area contributed by atoms with Crippen molar-refractivity contribution in [3.63, 3.8) is 0 Å². The molecule has 2 N–H and O–H groups in total. The summed E-state index contributed by atoms with van der Waals surface area (Å²) >= 11 is 0. The average molecular weight is 366 g/mol. The van der Waals surface area contributed by atoms with E-state index in [9.17, 15) is 4.79 Å². The Labute approximate surface area is 159 Å². The number of amides is 1. The Morgan fingerprint density at radius 3 is 2.85 bits per heavy atom. The number of carbonyl (C=O) groups is 1. The molecule has 0 spiro atoms. The summed E-state index contributed by atoms with van der Waals surface area (Å²) in [6.45, 7) is 4.46. The number of ether oxygens (including phenoxy) is 1. The largest absolute Gasteiger partial charge is 0.494 e. The summed E-state index contributed by atoms with van der Waals surface area (Å²) < 4.78 is 5.48. The first-order chi connectivity index (χ1) is 13.3. The van der Waals surface area contributed by atoms with Crippen LogP contribution in [0.25, 0.3) is 0 Å². The van der Waals surface area contributed by atoms with Crippen molar-refractivity contribution in [1.82, 2.24) is 15.2 Å². The molecule has 2 unspecified atom stereocenters. The Kier molecular flexibility index (Phi) is 5.25. The lowest BCUT2D eigenvalue weighted by Crippen LogP contribution is -2.42. The Hall–Kier alpha value is -2.60. The lowest BCUT2D eigenvalue weighted by Gasteiger charge is -2.28. The lowest BCUT2D eigenvalue weighted by molar-refractivity contribution is 0.0681. The van der Waals surface area contributed by atoms with Gasteiger partial charge in [0.25, 0.3) is 5.91 Å². The Morgan fingerprint density at radius 1 is 1.22 bits per heavy atom. The van der Waals surface area contributed by atoms with E-state index in [1.54, 1.807) is 6.20 Å². The highest BCUT2D eigenvalue weighted by Gasteiger charge is 2.39. The number of pyridine rings is 1. The molecule has 2 aromatic rings. The summed E-state index contributed by atoms with van der Waals surface area (Å²) in [6.07, 6.45) is 4.90. The van der Waals surface area contributed by atoms with Crippen LogP contribution in [-0.2, 0) is 0 Å². The van der Waals surface area contributed by atoms with Crippen molar-refractivity contribution < 1.29 is 9.53 Å². The Balaban J connectivity index is 1.56. The maximum atomic E-state index is 13.4. The van der Waals surface area contributed by atoms with Gasteiger partial charge in [-0.05, 0) is 69.1 Å². The number of hydrogen-bond acceptors (Lipinski definition) is 5. The highest BCUT2D eigenvalue weighted by atomic mass is 16.5. The van der Waals surface area contributed by atoms with Crippen molar-refractivity contribution in [2.75, 3.05) is 25.0 Å². The van der Waals surface area contributed by atoms with E-state index in [1.165, 1.54) is 0 Å². The zero-order chi connectivity index (χ0) is 18.6. The molecule has 142 valence electrons. The first-order valence-corrected chi connectivity index (χ1v) is 9.74. The molecule has 2 fully saturated rings. The molecule has 2 saturated heterocycles. The summed E-state index contributed by atoms with van der Waals surface area (Å²) in [5.74, 6) is 1.50. The van der Waals surface area contributed by atoms with Crippen LogP contribution in [0.3, 0.4) is 0 Å². The van der Waals surface area contributed by atoms with Crippen LogP contribution in [0.5, 0.6) is 5.75 Å². The maximum Gasteiger partial charge on any atom is 0.258 e. The zero-order valence-corrected chi connectivity index (χ0v) is 15.6. The third-order valence-corrected chi connectivity index (χ3v) is 5.35. The van der Waals surface area contributed by atoms with Gasteiger partial charge in [-0.15, -0.1) is 0 Å². The SMILES string of the molecule is CCOc1ccc(Nc2ncccc2C(=O)N2C3CCNCC2CC3)cc1. The van der Waals surface area contributed by atoms with Crippen molar-refractivity contribution >= 4 is 17.4 Å². The third-order valence-electron chi connectivity index (χ3n) is 5.35. The van der Waals surface area contributed by atoms with Crippen molar-refractivity contribution in [2.24, 2.45) is 0 Å². The highest BCUT2D eigenvalue weighted by molar-refractivity contribution is 6.00. The van der Waals surface area contributed by atoms with E-state index in [2.05, 4.69) is 20.5 Å². The molecule has 6 nitrogen and oxygen atoms in total. The van der Waals surface area contributed by atoms with E-state index in [1.807, 2.05) is 43.3 Å². The van der Waals surface area contributed by atoms with Crippen LogP contribution in [0.4, 0.5) is 11.5 Å². The van der Waals surface area contributed by atoms with Crippen molar-refractivity contribution in [3.8, 4) is 5.75 Å². The number of benzene rings is 1. The van der Waals surface area contributed by atoms with Crippen molar-refractivity contribution in [1.29, 1.82) is 0 Å². The Bertz CT molecular complexity index is 779. The van der Waals surface area contributed by atoms with Gasteiger partial charge in [-0.3, -0.25) is 4.79 Å². The zero-order valence-electron chi connectivity index (χ0n) is 15.6. The highest BCUT2D eigenvalue weighted by Crippen LogP contribution is 2.31. The summed E-state index contributed by atoms with van der Waals surface area (Å²) in [7, 11) is 0. The van der Waals surface area contributed by atoms with Gasteiger partial charge < -0.3 is 20.3 Å². The molecule has 6 heteroatoms. The molecule has 2 aliphatic rings. The second kappa shape index (κ2) is 7.96. The van der Waals surface area contributed by atoms with Crippen LogP contribution in [0.2, 0.25) is 0 Å². The quantitative estimate of drug-likeness (QED) is 0.851. The second-order valence-electron chi connectivity index (χ2n) is 7.07. The normalized spacial score (nSPS) is 21.6. The molecule has 2 aliphatic heterocycles. The molecule has 2 atom stereocenters. The molecular formula is C21H26N4O2. The molecule has 1 amide bonds. The van der Waals surface area contributed by atoms with E-state index >= 15 is 0 Å². The molecule has 3 heterocycles. The van der Waals surface area contributed by atoms with E-state index in [0.717, 1.165) is 43.8 Å². The van der Waals surface area contributed by atoms with Gasteiger partial charge in [0.05, 0.1) is 12.2 Å². The second-order valence-corrected chi connectivity index (χ2v) is 7.07. The lowest BCUT2D eigenvalue weighted by atomic mass is 10.1. The van der Waals surface area contributed by atoms with Crippen LogP contribution >= 0.6 is 0 Å². The summed E-state index contributed by atoms with van der Waals surface area (Å²) in [6, 6.07) is 12.0. The van der Waals surface area contributed by atoms with Gasteiger partial charge in [-0.1, -0.05) is 0 Å². The fourth-order valence-electron chi connectivity index (χ4n) is 4.07. The van der Waals surface area contributed by atoms with Crippen LogP contribution in [0, 0.1) is 0 Å². The standard InChI is InChI=1S/C21H26N4O2/c1-2-27-18-9-5-15(6-10-18)24-20-19(4-3-12-23-20)21(26)25-16-7-8-17(25)14-22-13-11-16/h3-6,9-10,12,16-17,22H,2,7-8,11,13-14H2,1H3,(H,23,24). The van der Waals surface area contributed by atoms with Crippen LogP contribution in [0.15, 0.2) is 42.6 Å². The molecule has 1 aromatic heterocycles.